The lowest BCUT2D eigenvalue weighted by Crippen LogP contribution is -2.63. The summed E-state index contributed by atoms with van der Waals surface area (Å²) in [7, 11) is 0. The van der Waals surface area contributed by atoms with E-state index in [-0.39, 0.29) is 5.41 Å². The van der Waals surface area contributed by atoms with E-state index in [9.17, 15) is 22.0 Å². The van der Waals surface area contributed by atoms with Crippen molar-refractivity contribution in [3.63, 3.8) is 0 Å². The van der Waals surface area contributed by atoms with E-state index >= 15 is 0 Å². The molecule has 0 nitrogen and oxygen atoms in total. The van der Waals surface area contributed by atoms with Crippen LogP contribution in [-0.4, -0.2) is 0 Å². The fourth-order valence-corrected chi connectivity index (χ4v) is 3.63. The van der Waals surface area contributed by atoms with Gasteiger partial charge in [0.25, 0.3) is 0 Å². The van der Waals surface area contributed by atoms with Gasteiger partial charge < -0.3 is 0 Å². The molecule has 17 heavy (non-hydrogen) atoms. The number of rotatable bonds is 1. The lowest BCUT2D eigenvalue weighted by atomic mass is 9.34. The van der Waals surface area contributed by atoms with E-state index in [1.807, 2.05) is 6.92 Å². The highest BCUT2D eigenvalue weighted by Gasteiger charge is 2.67. The lowest BCUT2D eigenvalue weighted by molar-refractivity contribution is -0.129. The molecular formula is C12H9F5. The van der Waals surface area contributed by atoms with Gasteiger partial charge in [-0.15, -0.1) is 0 Å². The Bertz CT molecular complexity index is 485. The monoisotopic (exact) mass is 248 g/mol. The number of benzene rings is 1. The Kier molecular flexibility index (Phi) is 1.82. The Morgan fingerprint density at radius 3 is 1.41 bits per heavy atom. The van der Waals surface area contributed by atoms with E-state index in [1.54, 1.807) is 0 Å². The second-order valence-electron chi connectivity index (χ2n) is 5.57. The van der Waals surface area contributed by atoms with E-state index in [4.69, 9.17) is 0 Å². The fraction of sp³-hybridized carbons (Fsp3) is 0.500. The standard InChI is InChI=1S/C12H9F5/c1-11-2-12(3-11,4-11)5-6(13)8(15)10(17)9(16)7(5)14/h2-4H2,1H3. The molecule has 0 aromatic heterocycles. The van der Waals surface area contributed by atoms with Crippen LogP contribution in [0.4, 0.5) is 22.0 Å². The zero-order chi connectivity index (χ0) is 12.6. The quantitative estimate of drug-likeness (QED) is 0.402. The van der Waals surface area contributed by atoms with Crippen LogP contribution in [0.25, 0.3) is 0 Å². The van der Waals surface area contributed by atoms with Gasteiger partial charge in [-0.05, 0) is 24.7 Å². The summed E-state index contributed by atoms with van der Waals surface area (Å²) in [5.74, 6) is -9.09. The topological polar surface area (TPSA) is 0 Å². The van der Waals surface area contributed by atoms with Crippen LogP contribution >= 0.6 is 0 Å². The first kappa shape index (κ1) is 11.0. The van der Waals surface area contributed by atoms with Crippen LogP contribution < -0.4 is 0 Å². The summed E-state index contributed by atoms with van der Waals surface area (Å²) in [6, 6.07) is 0. The molecule has 0 N–H and O–H groups in total. The molecule has 0 unspecified atom stereocenters. The molecule has 3 fully saturated rings. The average Bonchev–Trinajstić information content (AvgIpc) is 2.20. The molecule has 92 valence electrons. The molecule has 1 aromatic rings. The Morgan fingerprint density at radius 2 is 1.06 bits per heavy atom. The zero-order valence-corrected chi connectivity index (χ0v) is 9.01. The summed E-state index contributed by atoms with van der Waals surface area (Å²) < 4.78 is 66.1. The minimum absolute atomic E-state index is 0.0280. The first-order valence-electron chi connectivity index (χ1n) is 5.32. The molecule has 3 aliphatic carbocycles. The normalized spacial score (nSPS) is 34.2. The van der Waals surface area contributed by atoms with Crippen LogP contribution in [0.2, 0.25) is 0 Å². The maximum atomic E-state index is 13.5. The largest absolute Gasteiger partial charge is 0.203 e. The van der Waals surface area contributed by atoms with E-state index in [0.717, 1.165) is 0 Å². The second kappa shape index (κ2) is 2.82. The Labute approximate surface area is 94.4 Å². The number of halogens is 5. The highest BCUT2D eigenvalue weighted by molar-refractivity contribution is 5.41. The zero-order valence-electron chi connectivity index (χ0n) is 9.01. The Hall–Kier alpha value is -1.13. The average molecular weight is 248 g/mol. The van der Waals surface area contributed by atoms with Gasteiger partial charge in [-0.2, -0.15) is 0 Å². The third-order valence-corrected chi connectivity index (χ3v) is 4.04. The summed E-state index contributed by atoms with van der Waals surface area (Å²) >= 11 is 0. The molecule has 0 spiro atoms. The van der Waals surface area contributed by atoms with Crippen molar-refractivity contribution in [2.45, 2.75) is 31.6 Å². The first-order chi connectivity index (χ1) is 7.80. The smallest absolute Gasteiger partial charge is 0.200 e. The molecule has 0 atom stereocenters. The number of hydrogen-bond donors (Lipinski definition) is 0. The Balaban J connectivity index is 2.18. The molecular weight excluding hydrogens is 239 g/mol. The van der Waals surface area contributed by atoms with Crippen LogP contribution in [0, 0.1) is 34.5 Å². The SMILES string of the molecule is CC12CC(c3c(F)c(F)c(F)c(F)c3F)(C1)C2. The first-order valence-corrected chi connectivity index (χ1v) is 5.32. The highest BCUT2D eigenvalue weighted by atomic mass is 19.2. The van der Waals surface area contributed by atoms with Gasteiger partial charge in [0.1, 0.15) is 0 Å². The van der Waals surface area contributed by atoms with E-state index in [2.05, 4.69) is 0 Å². The van der Waals surface area contributed by atoms with Crippen LogP contribution in [0.1, 0.15) is 31.7 Å². The third-order valence-electron chi connectivity index (χ3n) is 4.04. The summed E-state index contributed by atoms with van der Waals surface area (Å²) in [6.45, 7) is 1.95. The molecule has 0 amide bonds. The summed E-state index contributed by atoms with van der Waals surface area (Å²) in [6.07, 6.45) is 1.50. The highest BCUT2D eigenvalue weighted by Crippen LogP contribution is 2.74. The number of hydrogen-bond acceptors (Lipinski definition) is 0. The predicted molar refractivity (Wildman–Crippen MR) is 49.9 cm³/mol. The molecule has 2 bridgehead atoms. The molecule has 1 aromatic carbocycles. The molecule has 0 saturated heterocycles. The third kappa shape index (κ3) is 1.12. The van der Waals surface area contributed by atoms with Gasteiger partial charge in [-0.3, -0.25) is 0 Å². The van der Waals surface area contributed by atoms with E-state index < -0.39 is 40.1 Å². The van der Waals surface area contributed by atoms with Gasteiger partial charge in [0.05, 0.1) is 0 Å². The molecule has 5 heteroatoms. The Morgan fingerprint density at radius 1 is 0.706 bits per heavy atom. The van der Waals surface area contributed by atoms with Gasteiger partial charge in [-0.25, -0.2) is 22.0 Å². The van der Waals surface area contributed by atoms with Gasteiger partial charge >= 0.3 is 0 Å². The molecule has 4 rings (SSSR count). The van der Waals surface area contributed by atoms with E-state index in [0.29, 0.717) is 19.3 Å². The van der Waals surface area contributed by atoms with Gasteiger partial charge in [0.15, 0.2) is 23.3 Å². The van der Waals surface area contributed by atoms with Crippen LogP contribution in [0.5, 0.6) is 0 Å². The lowest BCUT2D eigenvalue weighted by Gasteiger charge is -2.70. The second-order valence-corrected chi connectivity index (χ2v) is 5.57. The van der Waals surface area contributed by atoms with E-state index in [1.165, 1.54) is 0 Å². The molecule has 3 aliphatic rings. The van der Waals surface area contributed by atoms with Gasteiger partial charge in [-0.1, -0.05) is 6.92 Å². The fourth-order valence-electron chi connectivity index (χ4n) is 3.63. The minimum Gasteiger partial charge on any atom is -0.203 e. The molecule has 0 aliphatic heterocycles. The van der Waals surface area contributed by atoms with Crippen LogP contribution in [-0.2, 0) is 5.41 Å². The summed E-state index contributed by atoms with van der Waals surface area (Å²) in [5.41, 5.74) is -1.41. The van der Waals surface area contributed by atoms with Crippen molar-refractivity contribution in [2.24, 2.45) is 5.41 Å². The predicted octanol–water partition coefficient (Wildman–Crippen LogP) is 3.82. The van der Waals surface area contributed by atoms with Crippen molar-refractivity contribution in [1.82, 2.24) is 0 Å². The van der Waals surface area contributed by atoms with Gasteiger partial charge in [0, 0.05) is 11.0 Å². The van der Waals surface area contributed by atoms with Crippen molar-refractivity contribution < 1.29 is 22.0 Å². The van der Waals surface area contributed by atoms with Crippen molar-refractivity contribution in [3.05, 3.63) is 34.6 Å². The molecule has 0 radical (unpaired) electrons. The van der Waals surface area contributed by atoms with Gasteiger partial charge in [0.2, 0.25) is 5.82 Å². The van der Waals surface area contributed by atoms with Crippen molar-refractivity contribution in [1.29, 1.82) is 0 Å². The minimum atomic E-state index is -2.08. The maximum Gasteiger partial charge on any atom is 0.200 e. The summed E-state index contributed by atoms with van der Waals surface area (Å²) in [5, 5.41) is 0. The van der Waals surface area contributed by atoms with Crippen molar-refractivity contribution in [3.8, 4) is 0 Å². The molecule has 0 heterocycles. The molecule has 3 saturated carbocycles. The van der Waals surface area contributed by atoms with Crippen molar-refractivity contribution in [2.75, 3.05) is 0 Å². The summed E-state index contributed by atoms with van der Waals surface area (Å²) in [4.78, 5) is 0. The van der Waals surface area contributed by atoms with Crippen molar-refractivity contribution >= 4 is 0 Å². The van der Waals surface area contributed by atoms with Crippen LogP contribution in [0.15, 0.2) is 0 Å². The van der Waals surface area contributed by atoms with Crippen LogP contribution in [0.3, 0.4) is 0 Å². The maximum absolute atomic E-state index is 13.5.